The highest BCUT2D eigenvalue weighted by atomic mass is 16.5. The van der Waals surface area contributed by atoms with E-state index in [1.54, 1.807) is 7.11 Å². The fourth-order valence-corrected chi connectivity index (χ4v) is 2.72. The Balaban J connectivity index is 1.88. The fraction of sp³-hybridized carbons (Fsp3) is 0.714. The van der Waals surface area contributed by atoms with E-state index in [1.807, 2.05) is 13.8 Å². The van der Waals surface area contributed by atoms with Gasteiger partial charge in [-0.2, -0.15) is 0 Å². The fourth-order valence-electron chi connectivity index (χ4n) is 2.72. The molecule has 1 fully saturated rings. The number of nitrogens with zero attached hydrogens (tertiary/aromatic N) is 1. The minimum atomic E-state index is -0.122. The second-order valence-corrected chi connectivity index (χ2v) is 5.50. The molecule has 2 heterocycles. The van der Waals surface area contributed by atoms with E-state index in [1.165, 1.54) is 0 Å². The Morgan fingerprint density at radius 1 is 1.55 bits per heavy atom. The summed E-state index contributed by atoms with van der Waals surface area (Å²) in [7, 11) is 1.69. The molecule has 20 heavy (non-hydrogen) atoms. The minimum Gasteiger partial charge on any atom is -0.383 e. The zero-order valence-electron chi connectivity index (χ0n) is 12.4. The number of nitrogens with one attached hydrogen (secondary N) is 2. The predicted molar refractivity (Wildman–Crippen MR) is 74.5 cm³/mol. The first kappa shape index (κ1) is 15.0. The molecule has 1 atom stereocenters. The molecule has 2 rings (SSSR count). The van der Waals surface area contributed by atoms with Crippen LogP contribution in [-0.4, -0.2) is 43.4 Å². The van der Waals surface area contributed by atoms with Crippen LogP contribution in [0.2, 0.25) is 0 Å². The van der Waals surface area contributed by atoms with Crippen molar-refractivity contribution in [1.29, 1.82) is 0 Å². The minimum absolute atomic E-state index is 0.0106. The van der Waals surface area contributed by atoms with Crippen LogP contribution < -0.4 is 10.6 Å². The van der Waals surface area contributed by atoms with Crippen LogP contribution >= 0.6 is 0 Å². The molecule has 0 radical (unpaired) electrons. The van der Waals surface area contributed by atoms with Crippen LogP contribution in [0.1, 0.15) is 29.9 Å². The van der Waals surface area contributed by atoms with E-state index < -0.39 is 0 Å². The number of carbonyl (C=O) groups excluding carboxylic acids is 1. The van der Waals surface area contributed by atoms with Gasteiger partial charge in [-0.1, -0.05) is 5.16 Å². The molecule has 1 unspecified atom stereocenters. The molecule has 2 N–H and O–H groups in total. The standard InChI is InChI=1S/C14H23N3O3/c1-10-12(11(2)20-17-10)7-13(18)15-8-14(9-19-3)5-4-6-16-14/h16H,4-9H2,1-3H3,(H,15,18). The summed E-state index contributed by atoms with van der Waals surface area (Å²) in [6.07, 6.45) is 2.44. The van der Waals surface area contributed by atoms with Crippen molar-refractivity contribution in [3.05, 3.63) is 17.0 Å². The average molecular weight is 281 g/mol. The molecule has 0 aromatic carbocycles. The summed E-state index contributed by atoms with van der Waals surface area (Å²) in [6.45, 7) is 5.85. The highest BCUT2D eigenvalue weighted by molar-refractivity contribution is 5.79. The molecular weight excluding hydrogens is 258 g/mol. The van der Waals surface area contributed by atoms with Crippen LogP contribution in [0.25, 0.3) is 0 Å². The number of carbonyl (C=O) groups is 1. The Hall–Kier alpha value is -1.40. The van der Waals surface area contributed by atoms with Crippen molar-refractivity contribution in [3.63, 3.8) is 0 Å². The lowest BCUT2D eigenvalue weighted by atomic mass is 9.98. The van der Waals surface area contributed by atoms with Gasteiger partial charge in [0, 0.05) is 19.2 Å². The average Bonchev–Trinajstić information content (AvgIpc) is 3.00. The van der Waals surface area contributed by atoms with Crippen molar-refractivity contribution in [2.75, 3.05) is 26.8 Å². The molecule has 1 aliphatic heterocycles. The second kappa shape index (κ2) is 6.37. The zero-order valence-corrected chi connectivity index (χ0v) is 12.4. The number of methoxy groups -OCH3 is 1. The molecule has 1 aromatic rings. The normalized spacial score (nSPS) is 22.1. The SMILES string of the molecule is COCC1(CNC(=O)Cc2c(C)noc2C)CCCN1. The third-order valence-electron chi connectivity index (χ3n) is 3.90. The van der Waals surface area contributed by atoms with Crippen molar-refractivity contribution in [2.45, 2.75) is 38.6 Å². The van der Waals surface area contributed by atoms with Crippen LogP contribution in [0.15, 0.2) is 4.52 Å². The van der Waals surface area contributed by atoms with Crippen LogP contribution in [0.5, 0.6) is 0 Å². The maximum Gasteiger partial charge on any atom is 0.224 e. The smallest absolute Gasteiger partial charge is 0.224 e. The van der Waals surface area contributed by atoms with Gasteiger partial charge in [-0.15, -0.1) is 0 Å². The molecule has 0 bridgehead atoms. The van der Waals surface area contributed by atoms with Gasteiger partial charge in [0.1, 0.15) is 5.76 Å². The molecule has 6 nitrogen and oxygen atoms in total. The summed E-state index contributed by atoms with van der Waals surface area (Å²) in [5, 5.41) is 10.3. The zero-order chi connectivity index (χ0) is 14.6. The Morgan fingerprint density at radius 2 is 2.35 bits per heavy atom. The largest absolute Gasteiger partial charge is 0.383 e. The van der Waals surface area contributed by atoms with Crippen LogP contribution in [-0.2, 0) is 16.0 Å². The first-order chi connectivity index (χ1) is 9.56. The van der Waals surface area contributed by atoms with Crippen molar-refractivity contribution >= 4 is 5.91 Å². The van der Waals surface area contributed by atoms with Gasteiger partial charge < -0.3 is 19.9 Å². The Kier molecular flexibility index (Phi) is 4.77. The highest BCUT2D eigenvalue weighted by Gasteiger charge is 2.33. The predicted octanol–water partition coefficient (Wildman–Crippen LogP) is 0.719. The van der Waals surface area contributed by atoms with E-state index in [4.69, 9.17) is 9.26 Å². The van der Waals surface area contributed by atoms with Gasteiger partial charge in [0.05, 0.1) is 24.3 Å². The number of ether oxygens (including phenoxy) is 1. The summed E-state index contributed by atoms with van der Waals surface area (Å²) < 4.78 is 10.3. The first-order valence-electron chi connectivity index (χ1n) is 6.99. The number of aryl methyl sites for hydroxylation is 2. The van der Waals surface area contributed by atoms with Gasteiger partial charge in [-0.3, -0.25) is 4.79 Å². The molecule has 1 amide bonds. The summed E-state index contributed by atoms with van der Waals surface area (Å²) in [5.74, 6) is 0.701. The molecular formula is C14H23N3O3. The van der Waals surface area contributed by atoms with Crippen LogP contribution in [0, 0.1) is 13.8 Å². The molecule has 6 heteroatoms. The molecule has 1 aromatic heterocycles. The summed E-state index contributed by atoms with van der Waals surface area (Å²) in [4.78, 5) is 12.1. The van der Waals surface area contributed by atoms with Gasteiger partial charge in [0.15, 0.2) is 0 Å². The molecule has 0 saturated carbocycles. The number of amides is 1. The topological polar surface area (TPSA) is 76.4 Å². The van der Waals surface area contributed by atoms with E-state index in [0.29, 0.717) is 25.3 Å². The van der Waals surface area contributed by atoms with Gasteiger partial charge in [-0.05, 0) is 33.2 Å². The second-order valence-electron chi connectivity index (χ2n) is 5.50. The van der Waals surface area contributed by atoms with E-state index in [0.717, 1.165) is 30.6 Å². The summed E-state index contributed by atoms with van der Waals surface area (Å²) >= 11 is 0. The summed E-state index contributed by atoms with van der Waals surface area (Å²) in [5.41, 5.74) is 1.54. The van der Waals surface area contributed by atoms with Crippen LogP contribution in [0.4, 0.5) is 0 Å². The van der Waals surface area contributed by atoms with E-state index in [9.17, 15) is 4.79 Å². The lowest BCUT2D eigenvalue weighted by Crippen LogP contribution is -2.53. The molecule has 1 saturated heterocycles. The Labute approximate surface area is 119 Å². The maximum atomic E-state index is 12.1. The third kappa shape index (κ3) is 3.37. The molecule has 0 aliphatic carbocycles. The van der Waals surface area contributed by atoms with Gasteiger partial charge >= 0.3 is 0 Å². The van der Waals surface area contributed by atoms with Gasteiger partial charge in [0.2, 0.25) is 5.91 Å². The van der Waals surface area contributed by atoms with E-state index in [2.05, 4.69) is 15.8 Å². The van der Waals surface area contributed by atoms with Crippen molar-refractivity contribution in [1.82, 2.24) is 15.8 Å². The lowest BCUT2D eigenvalue weighted by Gasteiger charge is -2.28. The maximum absolute atomic E-state index is 12.1. The number of hydrogen-bond donors (Lipinski definition) is 2. The third-order valence-corrected chi connectivity index (χ3v) is 3.90. The van der Waals surface area contributed by atoms with Crippen molar-refractivity contribution in [3.8, 4) is 0 Å². The lowest BCUT2D eigenvalue weighted by molar-refractivity contribution is -0.120. The number of hydrogen-bond acceptors (Lipinski definition) is 5. The number of rotatable bonds is 6. The van der Waals surface area contributed by atoms with Crippen molar-refractivity contribution in [2.24, 2.45) is 0 Å². The molecule has 112 valence electrons. The van der Waals surface area contributed by atoms with E-state index in [-0.39, 0.29) is 11.4 Å². The van der Waals surface area contributed by atoms with Crippen LogP contribution in [0.3, 0.4) is 0 Å². The number of aromatic nitrogens is 1. The first-order valence-corrected chi connectivity index (χ1v) is 6.99. The Morgan fingerprint density at radius 3 is 2.90 bits per heavy atom. The quantitative estimate of drug-likeness (QED) is 0.803. The molecule has 0 spiro atoms. The Bertz CT molecular complexity index is 445. The summed E-state index contributed by atoms with van der Waals surface area (Å²) in [6, 6.07) is 0. The van der Waals surface area contributed by atoms with Crippen molar-refractivity contribution < 1.29 is 14.1 Å². The van der Waals surface area contributed by atoms with Gasteiger partial charge in [0.25, 0.3) is 0 Å². The molecule has 1 aliphatic rings. The highest BCUT2D eigenvalue weighted by Crippen LogP contribution is 2.19. The van der Waals surface area contributed by atoms with E-state index >= 15 is 0 Å². The monoisotopic (exact) mass is 281 g/mol. The van der Waals surface area contributed by atoms with Gasteiger partial charge in [-0.25, -0.2) is 0 Å².